The van der Waals surface area contributed by atoms with Gasteiger partial charge in [0, 0.05) is 37.3 Å². The van der Waals surface area contributed by atoms with Crippen LogP contribution in [0.4, 0.5) is 5.69 Å². The zero-order valence-electron chi connectivity index (χ0n) is 13.8. The molecule has 120 valence electrons. The first kappa shape index (κ1) is 16.7. The zero-order chi connectivity index (χ0) is 16.1. The monoisotopic (exact) mass is 302 g/mol. The molecule has 2 atom stereocenters. The number of benzene rings is 1. The minimum absolute atomic E-state index is 0.0291. The molecular formula is C18H26N2O2. The van der Waals surface area contributed by atoms with Gasteiger partial charge in [0.05, 0.1) is 0 Å². The minimum atomic E-state index is 0.0291. The summed E-state index contributed by atoms with van der Waals surface area (Å²) in [5.41, 5.74) is 1.41. The number of likely N-dealkylation sites (tertiary alicyclic amines) is 1. The molecule has 1 aliphatic heterocycles. The Bertz CT molecular complexity index is 514. The van der Waals surface area contributed by atoms with Crippen LogP contribution in [0.25, 0.3) is 0 Å². The highest BCUT2D eigenvalue weighted by atomic mass is 16.1. The number of anilines is 1. The number of carbonyl (C=O) groups is 2. The van der Waals surface area contributed by atoms with Gasteiger partial charge < -0.3 is 10.2 Å². The number of hydrogen-bond donors (Lipinski definition) is 1. The van der Waals surface area contributed by atoms with Crippen LogP contribution in [0.5, 0.6) is 0 Å². The standard InChI is InChI=1S/C18H26N2O2/c1-13-10-14(2)12-20(11-13)9-8-18(22)19-17-6-4-16(5-7-17)15(3)21/h4-7,13-14H,8-12H2,1-3H3,(H,19,22)/t13-,14-/m1/s1. The first-order valence-corrected chi connectivity index (χ1v) is 8.07. The summed E-state index contributed by atoms with van der Waals surface area (Å²) in [4.78, 5) is 25.6. The number of Topliss-reactive ketones (excluding diaryl/α,β-unsaturated/α-hetero) is 1. The van der Waals surface area contributed by atoms with E-state index in [1.54, 1.807) is 24.3 Å². The van der Waals surface area contributed by atoms with E-state index in [1.807, 2.05) is 0 Å². The highest BCUT2D eigenvalue weighted by Crippen LogP contribution is 2.21. The van der Waals surface area contributed by atoms with E-state index in [2.05, 4.69) is 24.1 Å². The molecule has 4 nitrogen and oxygen atoms in total. The number of nitrogens with one attached hydrogen (secondary N) is 1. The highest BCUT2D eigenvalue weighted by Gasteiger charge is 2.21. The van der Waals surface area contributed by atoms with Crippen molar-refractivity contribution in [3.05, 3.63) is 29.8 Å². The van der Waals surface area contributed by atoms with Gasteiger partial charge in [0.15, 0.2) is 5.78 Å². The van der Waals surface area contributed by atoms with Gasteiger partial charge in [0.1, 0.15) is 0 Å². The summed E-state index contributed by atoms with van der Waals surface area (Å²) in [7, 11) is 0. The Morgan fingerprint density at radius 2 is 1.73 bits per heavy atom. The molecule has 0 spiro atoms. The van der Waals surface area contributed by atoms with E-state index in [1.165, 1.54) is 13.3 Å². The minimum Gasteiger partial charge on any atom is -0.326 e. The first-order chi connectivity index (χ1) is 10.4. The molecule has 0 aromatic heterocycles. The van der Waals surface area contributed by atoms with E-state index in [9.17, 15) is 9.59 Å². The Hall–Kier alpha value is -1.68. The predicted octanol–water partition coefficient (Wildman–Crippen LogP) is 3.20. The Labute approximate surface area is 132 Å². The zero-order valence-corrected chi connectivity index (χ0v) is 13.8. The summed E-state index contributed by atoms with van der Waals surface area (Å²) in [6.45, 7) is 9.08. The maximum absolute atomic E-state index is 12.0. The first-order valence-electron chi connectivity index (χ1n) is 8.07. The Balaban J connectivity index is 1.79. The van der Waals surface area contributed by atoms with Crippen molar-refractivity contribution in [2.45, 2.75) is 33.6 Å². The lowest BCUT2D eigenvalue weighted by Gasteiger charge is -2.34. The normalized spacial score (nSPS) is 22.3. The van der Waals surface area contributed by atoms with Gasteiger partial charge in [-0.25, -0.2) is 0 Å². The predicted molar refractivity (Wildman–Crippen MR) is 89.1 cm³/mol. The SMILES string of the molecule is CC(=O)c1ccc(NC(=O)CCN2C[C@H](C)C[C@@H](C)C2)cc1. The molecule has 0 unspecified atom stereocenters. The van der Waals surface area contributed by atoms with Crippen LogP contribution in [0.15, 0.2) is 24.3 Å². The molecule has 0 aliphatic carbocycles. The van der Waals surface area contributed by atoms with Gasteiger partial charge in [-0.1, -0.05) is 13.8 Å². The van der Waals surface area contributed by atoms with E-state index >= 15 is 0 Å². The lowest BCUT2D eigenvalue weighted by molar-refractivity contribution is -0.116. The maximum Gasteiger partial charge on any atom is 0.225 e. The van der Waals surface area contributed by atoms with Crippen molar-refractivity contribution in [1.29, 1.82) is 0 Å². The average Bonchev–Trinajstić information content (AvgIpc) is 2.45. The molecule has 4 heteroatoms. The van der Waals surface area contributed by atoms with Gasteiger partial charge in [-0.15, -0.1) is 0 Å². The van der Waals surface area contributed by atoms with Crippen molar-refractivity contribution in [3.8, 4) is 0 Å². The quantitative estimate of drug-likeness (QED) is 0.850. The molecule has 1 aromatic carbocycles. The number of nitrogens with zero attached hydrogens (tertiary/aromatic N) is 1. The molecule has 0 bridgehead atoms. The third-order valence-electron chi connectivity index (χ3n) is 4.17. The molecule has 2 rings (SSSR count). The van der Waals surface area contributed by atoms with E-state index < -0.39 is 0 Å². The van der Waals surface area contributed by atoms with Crippen LogP contribution in [0, 0.1) is 11.8 Å². The summed E-state index contributed by atoms with van der Waals surface area (Å²) >= 11 is 0. The molecule has 1 amide bonds. The molecule has 1 aliphatic rings. The summed E-state index contributed by atoms with van der Waals surface area (Å²) < 4.78 is 0. The Kier molecular flexibility index (Phi) is 5.72. The largest absolute Gasteiger partial charge is 0.326 e. The van der Waals surface area contributed by atoms with Crippen LogP contribution in [-0.2, 0) is 4.79 Å². The van der Waals surface area contributed by atoms with Gasteiger partial charge in [-0.2, -0.15) is 0 Å². The van der Waals surface area contributed by atoms with Crippen molar-refractivity contribution in [1.82, 2.24) is 4.90 Å². The van der Waals surface area contributed by atoms with Crippen LogP contribution in [0.1, 0.15) is 44.0 Å². The van der Waals surface area contributed by atoms with E-state index in [0.717, 1.165) is 25.3 Å². The van der Waals surface area contributed by atoms with Crippen molar-refractivity contribution in [2.24, 2.45) is 11.8 Å². The second kappa shape index (κ2) is 7.54. The summed E-state index contributed by atoms with van der Waals surface area (Å²) in [6, 6.07) is 7.04. The van der Waals surface area contributed by atoms with Crippen molar-refractivity contribution in [3.63, 3.8) is 0 Å². The van der Waals surface area contributed by atoms with Crippen LogP contribution >= 0.6 is 0 Å². The molecule has 1 saturated heterocycles. The summed E-state index contributed by atoms with van der Waals surface area (Å²) in [6.07, 6.45) is 1.79. The van der Waals surface area contributed by atoms with Crippen LogP contribution in [0.2, 0.25) is 0 Å². The molecule has 0 saturated carbocycles. The van der Waals surface area contributed by atoms with Crippen LogP contribution in [-0.4, -0.2) is 36.2 Å². The second-order valence-electron chi connectivity index (χ2n) is 6.64. The lowest BCUT2D eigenvalue weighted by atomic mass is 9.92. The summed E-state index contributed by atoms with van der Waals surface area (Å²) in [5.74, 6) is 1.49. The Morgan fingerprint density at radius 1 is 1.14 bits per heavy atom. The number of carbonyl (C=O) groups excluding carboxylic acids is 2. The van der Waals surface area contributed by atoms with E-state index in [4.69, 9.17) is 0 Å². The highest BCUT2D eigenvalue weighted by molar-refractivity contribution is 5.95. The summed E-state index contributed by atoms with van der Waals surface area (Å²) in [5, 5.41) is 2.89. The molecule has 22 heavy (non-hydrogen) atoms. The third kappa shape index (κ3) is 4.95. The van der Waals surface area contributed by atoms with Crippen molar-refractivity contribution < 1.29 is 9.59 Å². The molecular weight excluding hydrogens is 276 g/mol. The van der Waals surface area contributed by atoms with Gasteiger partial charge in [0.2, 0.25) is 5.91 Å². The molecule has 1 aromatic rings. The van der Waals surface area contributed by atoms with Crippen LogP contribution in [0.3, 0.4) is 0 Å². The fourth-order valence-electron chi connectivity index (χ4n) is 3.25. The Morgan fingerprint density at radius 3 is 2.27 bits per heavy atom. The average molecular weight is 302 g/mol. The number of ketones is 1. The third-order valence-corrected chi connectivity index (χ3v) is 4.17. The van der Waals surface area contributed by atoms with Gasteiger partial charge >= 0.3 is 0 Å². The topological polar surface area (TPSA) is 49.4 Å². The van der Waals surface area contributed by atoms with E-state index in [0.29, 0.717) is 23.8 Å². The van der Waals surface area contributed by atoms with Crippen molar-refractivity contribution >= 4 is 17.4 Å². The molecule has 1 heterocycles. The van der Waals surface area contributed by atoms with Gasteiger partial charge in [0.25, 0.3) is 0 Å². The number of amides is 1. The number of rotatable bonds is 5. The maximum atomic E-state index is 12.0. The number of hydrogen-bond acceptors (Lipinski definition) is 3. The van der Waals surface area contributed by atoms with Crippen molar-refractivity contribution in [2.75, 3.05) is 25.0 Å². The fourth-order valence-corrected chi connectivity index (χ4v) is 3.25. The van der Waals surface area contributed by atoms with Crippen LogP contribution < -0.4 is 5.32 Å². The number of piperidine rings is 1. The smallest absolute Gasteiger partial charge is 0.225 e. The molecule has 1 fully saturated rings. The molecule has 0 radical (unpaired) electrons. The second-order valence-corrected chi connectivity index (χ2v) is 6.64. The van der Waals surface area contributed by atoms with E-state index in [-0.39, 0.29) is 11.7 Å². The lowest BCUT2D eigenvalue weighted by Crippen LogP contribution is -2.40. The van der Waals surface area contributed by atoms with Gasteiger partial charge in [-0.05, 0) is 49.4 Å². The fraction of sp³-hybridized carbons (Fsp3) is 0.556. The molecule has 1 N–H and O–H groups in total. The van der Waals surface area contributed by atoms with Gasteiger partial charge in [-0.3, -0.25) is 9.59 Å².